The third kappa shape index (κ3) is 2.83. The Bertz CT molecular complexity index is 1100. The summed E-state index contributed by atoms with van der Waals surface area (Å²) in [6.45, 7) is 1.04. The van der Waals surface area contributed by atoms with E-state index in [1.54, 1.807) is 9.47 Å². The molecule has 5 aliphatic rings. The first-order chi connectivity index (χ1) is 14.9. The van der Waals surface area contributed by atoms with Crippen LogP contribution in [0.25, 0.3) is 11.0 Å². The predicted octanol–water partition coefficient (Wildman–Crippen LogP) is 2.39. The number of fused-ring (bicyclic) bond motifs is 1. The number of hydrogen-bond acceptors (Lipinski definition) is 4. The highest BCUT2D eigenvalue weighted by atomic mass is 16.6. The summed E-state index contributed by atoms with van der Waals surface area (Å²) in [7, 11) is 0. The van der Waals surface area contributed by atoms with Crippen molar-refractivity contribution in [1.29, 1.82) is 0 Å². The molecule has 5 fully saturated rings. The van der Waals surface area contributed by atoms with Crippen LogP contribution in [0.1, 0.15) is 44.6 Å². The van der Waals surface area contributed by atoms with Crippen molar-refractivity contribution in [3.8, 4) is 0 Å². The van der Waals surface area contributed by atoms with E-state index in [-0.39, 0.29) is 47.1 Å². The second-order valence-corrected chi connectivity index (χ2v) is 10.2. The van der Waals surface area contributed by atoms with Gasteiger partial charge in [0.25, 0.3) is 0 Å². The molecule has 4 saturated carbocycles. The number of likely N-dealkylation sites (tertiary alicyclic amines) is 1. The first-order valence-electron chi connectivity index (χ1n) is 11.4. The number of amides is 2. The van der Waals surface area contributed by atoms with Crippen molar-refractivity contribution in [2.45, 2.75) is 50.7 Å². The lowest BCUT2D eigenvalue weighted by Gasteiger charge is -2.58. The number of benzene rings is 1. The van der Waals surface area contributed by atoms with Crippen molar-refractivity contribution < 1.29 is 14.3 Å². The molecule has 3 N–H and O–H groups in total. The second kappa shape index (κ2) is 6.61. The molecule has 1 aromatic heterocycles. The predicted molar refractivity (Wildman–Crippen MR) is 113 cm³/mol. The summed E-state index contributed by atoms with van der Waals surface area (Å²) in [6, 6.07) is 7.57. The van der Waals surface area contributed by atoms with E-state index < -0.39 is 0 Å². The lowest BCUT2D eigenvalue weighted by Crippen LogP contribution is -2.59. The molecule has 4 aliphatic carbocycles. The number of nitrogens with zero attached hydrogens (tertiary/aromatic N) is 2. The zero-order valence-electron chi connectivity index (χ0n) is 17.5. The SMILES string of the molecule is NC(=O)C12CC3CC(C1)C(OC(=O)N1CCC(n4c(=O)[nH]c5ccccc54)C1)C(C3)C2. The maximum absolute atomic E-state index is 13.0. The Morgan fingerprint density at radius 1 is 1.13 bits per heavy atom. The Kier molecular flexibility index (Phi) is 4.04. The number of carbonyl (C=O) groups excluding carboxylic acids is 2. The zero-order valence-corrected chi connectivity index (χ0v) is 17.5. The lowest BCUT2D eigenvalue weighted by atomic mass is 9.48. The summed E-state index contributed by atoms with van der Waals surface area (Å²) >= 11 is 0. The van der Waals surface area contributed by atoms with Gasteiger partial charge in [-0.25, -0.2) is 9.59 Å². The highest BCUT2D eigenvalue weighted by Crippen LogP contribution is 2.60. The molecule has 1 aliphatic heterocycles. The van der Waals surface area contributed by atoms with Gasteiger partial charge in [-0.3, -0.25) is 9.36 Å². The number of hydrogen-bond donors (Lipinski definition) is 2. The summed E-state index contributed by atoms with van der Waals surface area (Å²) in [6.07, 6.45) is 4.77. The average molecular weight is 425 g/mol. The fraction of sp³-hybridized carbons (Fsp3) is 0.609. The van der Waals surface area contributed by atoms with Gasteiger partial charge in [0.05, 0.1) is 22.5 Å². The molecule has 1 saturated heterocycles. The van der Waals surface area contributed by atoms with Crippen LogP contribution in [0.15, 0.2) is 29.1 Å². The van der Waals surface area contributed by atoms with E-state index in [1.807, 2.05) is 24.3 Å². The Morgan fingerprint density at radius 3 is 2.61 bits per heavy atom. The van der Waals surface area contributed by atoms with Gasteiger partial charge >= 0.3 is 11.8 Å². The normalized spacial score (nSPS) is 36.3. The van der Waals surface area contributed by atoms with Crippen molar-refractivity contribution in [2.24, 2.45) is 28.9 Å². The van der Waals surface area contributed by atoms with Crippen LogP contribution in [0.2, 0.25) is 0 Å². The topological polar surface area (TPSA) is 110 Å². The number of aromatic nitrogens is 2. The number of rotatable bonds is 3. The van der Waals surface area contributed by atoms with Crippen LogP contribution in [0, 0.1) is 23.2 Å². The van der Waals surface area contributed by atoms with Crippen LogP contribution >= 0.6 is 0 Å². The van der Waals surface area contributed by atoms with Gasteiger partial charge in [-0.2, -0.15) is 0 Å². The van der Waals surface area contributed by atoms with E-state index in [4.69, 9.17) is 10.5 Å². The van der Waals surface area contributed by atoms with Crippen molar-refractivity contribution in [3.63, 3.8) is 0 Å². The van der Waals surface area contributed by atoms with Crippen molar-refractivity contribution in [2.75, 3.05) is 13.1 Å². The lowest BCUT2D eigenvalue weighted by molar-refractivity contribution is -0.161. The molecule has 2 aromatic rings. The molecule has 2 amide bonds. The number of nitrogens with one attached hydrogen (secondary N) is 1. The molecular weight excluding hydrogens is 396 g/mol. The quantitative estimate of drug-likeness (QED) is 0.788. The van der Waals surface area contributed by atoms with Gasteiger partial charge in [0.2, 0.25) is 5.91 Å². The van der Waals surface area contributed by atoms with Gasteiger partial charge in [0, 0.05) is 13.1 Å². The van der Waals surface area contributed by atoms with Crippen molar-refractivity contribution >= 4 is 23.0 Å². The maximum Gasteiger partial charge on any atom is 0.410 e. The summed E-state index contributed by atoms with van der Waals surface area (Å²) in [5.74, 6) is 0.822. The van der Waals surface area contributed by atoms with E-state index in [1.165, 1.54) is 0 Å². The molecule has 8 nitrogen and oxygen atoms in total. The number of para-hydroxylation sites is 2. The van der Waals surface area contributed by atoms with Crippen LogP contribution in [-0.2, 0) is 9.53 Å². The summed E-state index contributed by atoms with van der Waals surface area (Å²) in [4.78, 5) is 42.3. The minimum absolute atomic E-state index is 0.0622. The molecule has 4 bridgehead atoms. The van der Waals surface area contributed by atoms with Crippen LogP contribution in [0.3, 0.4) is 0 Å². The average Bonchev–Trinajstić information content (AvgIpc) is 3.33. The number of nitrogens with two attached hydrogens (primary N) is 1. The van der Waals surface area contributed by atoms with E-state index in [9.17, 15) is 14.4 Å². The summed E-state index contributed by atoms with van der Waals surface area (Å²) in [5.41, 5.74) is 6.92. The number of ether oxygens (including phenoxy) is 1. The second-order valence-electron chi connectivity index (χ2n) is 10.2. The highest BCUT2D eigenvalue weighted by Gasteiger charge is 2.59. The Balaban J connectivity index is 1.16. The van der Waals surface area contributed by atoms with Crippen LogP contribution in [0.4, 0.5) is 4.79 Å². The molecule has 31 heavy (non-hydrogen) atoms. The van der Waals surface area contributed by atoms with E-state index in [2.05, 4.69) is 4.98 Å². The van der Waals surface area contributed by atoms with E-state index >= 15 is 0 Å². The molecular formula is C23H28N4O4. The van der Waals surface area contributed by atoms with Crippen molar-refractivity contribution in [1.82, 2.24) is 14.5 Å². The molecule has 0 radical (unpaired) electrons. The molecule has 8 heteroatoms. The first kappa shape index (κ1) is 19.0. The minimum atomic E-state index is -0.380. The first-order valence-corrected chi connectivity index (χ1v) is 11.4. The largest absolute Gasteiger partial charge is 0.446 e. The third-order valence-electron chi connectivity index (χ3n) is 8.36. The van der Waals surface area contributed by atoms with Gasteiger partial charge in [-0.15, -0.1) is 0 Å². The van der Waals surface area contributed by atoms with Gasteiger partial charge in [0.1, 0.15) is 6.10 Å². The van der Waals surface area contributed by atoms with E-state index in [0.717, 1.165) is 49.6 Å². The smallest absolute Gasteiger partial charge is 0.410 e. The Morgan fingerprint density at radius 2 is 1.87 bits per heavy atom. The minimum Gasteiger partial charge on any atom is -0.446 e. The molecule has 0 spiro atoms. The van der Waals surface area contributed by atoms with Gasteiger partial charge in [0.15, 0.2) is 0 Å². The van der Waals surface area contributed by atoms with Gasteiger partial charge in [-0.05, 0) is 68.4 Å². The molecule has 7 rings (SSSR count). The Labute approximate surface area is 179 Å². The molecule has 3 unspecified atom stereocenters. The van der Waals surface area contributed by atoms with Crippen molar-refractivity contribution in [3.05, 3.63) is 34.7 Å². The number of imidazole rings is 1. The van der Waals surface area contributed by atoms with Crippen LogP contribution in [0.5, 0.6) is 0 Å². The third-order valence-corrected chi connectivity index (χ3v) is 8.36. The maximum atomic E-state index is 13.0. The Hall–Kier alpha value is -2.77. The number of primary amides is 1. The number of H-pyrrole nitrogens is 1. The molecule has 3 atom stereocenters. The van der Waals surface area contributed by atoms with Crippen LogP contribution in [-0.4, -0.2) is 45.6 Å². The zero-order chi connectivity index (χ0) is 21.3. The number of carbonyl (C=O) groups is 2. The molecule has 2 heterocycles. The number of aromatic amines is 1. The molecule has 164 valence electrons. The summed E-state index contributed by atoms with van der Waals surface area (Å²) < 4.78 is 7.82. The molecule has 1 aromatic carbocycles. The van der Waals surface area contributed by atoms with Crippen LogP contribution < -0.4 is 11.4 Å². The monoisotopic (exact) mass is 424 g/mol. The van der Waals surface area contributed by atoms with Gasteiger partial charge in [-0.1, -0.05) is 12.1 Å². The fourth-order valence-corrected chi connectivity index (χ4v) is 7.22. The van der Waals surface area contributed by atoms with E-state index in [0.29, 0.717) is 19.0 Å². The van der Waals surface area contributed by atoms with Gasteiger partial charge < -0.3 is 20.4 Å². The fourth-order valence-electron chi connectivity index (χ4n) is 7.22. The standard InChI is InChI=1S/C23H28N4O4/c24-20(28)23-9-13-7-14(10-23)19(15(8-13)11-23)31-22(30)26-6-5-16(12-26)27-18-4-2-1-3-17(18)25-21(27)29/h1-4,13-16,19H,5-12H2,(H2,24,28)(H,25,29). The summed E-state index contributed by atoms with van der Waals surface area (Å²) in [5, 5.41) is 0. The highest BCUT2D eigenvalue weighted by molar-refractivity contribution is 5.81.